The number of ether oxygens (including phenoxy) is 2. The fourth-order valence-corrected chi connectivity index (χ4v) is 4.96. The van der Waals surface area contributed by atoms with Crippen molar-refractivity contribution in [2.24, 2.45) is 0 Å². The number of pyridine rings is 1. The smallest absolute Gasteiger partial charge is 0.311 e. The van der Waals surface area contributed by atoms with Crippen LogP contribution in [0.2, 0.25) is 0 Å². The zero-order chi connectivity index (χ0) is 26.3. The lowest BCUT2D eigenvalue weighted by Crippen LogP contribution is -2.17. The second-order valence-electron chi connectivity index (χ2n) is 10.1. The highest BCUT2D eigenvalue weighted by Crippen LogP contribution is 2.46. The molecule has 5 heteroatoms. The van der Waals surface area contributed by atoms with Crippen LogP contribution in [0.5, 0.6) is 11.5 Å². The highest BCUT2D eigenvalue weighted by Gasteiger charge is 2.24. The van der Waals surface area contributed by atoms with Crippen molar-refractivity contribution in [3.63, 3.8) is 0 Å². The van der Waals surface area contributed by atoms with Gasteiger partial charge >= 0.3 is 5.97 Å². The molecule has 37 heavy (non-hydrogen) atoms. The highest BCUT2D eigenvalue weighted by atomic mass is 16.6. The first-order valence-electron chi connectivity index (χ1n) is 14.4. The maximum absolute atomic E-state index is 12.7. The fourth-order valence-electron chi connectivity index (χ4n) is 4.96. The van der Waals surface area contributed by atoms with Gasteiger partial charge in [0.1, 0.15) is 0 Å². The van der Waals surface area contributed by atoms with Gasteiger partial charge in [-0.1, -0.05) is 76.9 Å². The van der Waals surface area contributed by atoms with Crippen molar-refractivity contribution in [3.8, 4) is 11.5 Å². The summed E-state index contributed by atoms with van der Waals surface area (Å²) in [5.41, 5.74) is 1.70. The predicted molar refractivity (Wildman–Crippen MR) is 155 cm³/mol. The third-order valence-corrected chi connectivity index (χ3v) is 7.11. The third kappa shape index (κ3) is 8.91. The van der Waals surface area contributed by atoms with Gasteiger partial charge in [-0.05, 0) is 55.7 Å². The number of benzene rings is 1. The number of unbranched alkanes of at least 4 members (excludes halogenated alkanes) is 12. The molecule has 3 rings (SSSR count). The number of aromatic nitrogens is 1. The zero-order valence-corrected chi connectivity index (χ0v) is 23.3. The van der Waals surface area contributed by atoms with Gasteiger partial charge in [0.05, 0.1) is 18.5 Å². The Morgan fingerprint density at radius 2 is 1.59 bits per heavy atom. The first-order valence-corrected chi connectivity index (χ1v) is 14.4. The van der Waals surface area contributed by atoms with Gasteiger partial charge in [-0.25, -0.2) is 0 Å². The number of nitrogens with zero attached hydrogens (tertiary/aromatic N) is 2. The summed E-state index contributed by atoms with van der Waals surface area (Å²) in [7, 11) is 3.56. The number of esters is 1. The zero-order valence-electron chi connectivity index (χ0n) is 23.3. The summed E-state index contributed by atoms with van der Waals surface area (Å²) in [6.45, 7) is 2.27. The molecule has 0 aliphatic carbocycles. The summed E-state index contributed by atoms with van der Waals surface area (Å²) in [4.78, 5) is 19.1. The van der Waals surface area contributed by atoms with Crippen molar-refractivity contribution < 1.29 is 14.3 Å². The van der Waals surface area contributed by atoms with E-state index >= 15 is 0 Å². The Morgan fingerprint density at radius 1 is 0.946 bits per heavy atom. The number of hydrogen-bond acceptors (Lipinski definition) is 5. The Hall–Kier alpha value is -2.82. The molecule has 0 radical (unpaired) electrons. The van der Waals surface area contributed by atoms with Crippen molar-refractivity contribution in [2.75, 3.05) is 19.1 Å². The second-order valence-corrected chi connectivity index (χ2v) is 10.1. The molecule has 0 fully saturated rings. The van der Waals surface area contributed by atoms with Gasteiger partial charge < -0.3 is 14.4 Å². The van der Waals surface area contributed by atoms with E-state index in [1.807, 2.05) is 36.4 Å². The lowest BCUT2D eigenvalue weighted by molar-refractivity contribution is -0.134. The van der Waals surface area contributed by atoms with Crippen LogP contribution in [0.15, 0.2) is 36.7 Å². The number of methoxy groups -OCH3 is 1. The Bertz CT molecular complexity index is 1040. The van der Waals surface area contributed by atoms with E-state index in [0.29, 0.717) is 17.9 Å². The van der Waals surface area contributed by atoms with Crippen molar-refractivity contribution in [2.45, 2.75) is 103 Å². The minimum absolute atomic E-state index is 0.210. The molecule has 0 spiro atoms. The van der Waals surface area contributed by atoms with Gasteiger partial charge in [0.25, 0.3) is 0 Å². The minimum atomic E-state index is -0.210. The number of carbonyl (C=O) groups is 1. The van der Waals surface area contributed by atoms with E-state index in [4.69, 9.17) is 9.47 Å². The van der Waals surface area contributed by atoms with E-state index < -0.39 is 0 Å². The molecule has 202 valence electrons. The molecule has 5 nitrogen and oxygen atoms in total. The van der Waals surface area contributed by atoms with Crippen LogP contribution in [-0.2, 0) is 4.79 Å². The summed E-state index contributed by atoms with van der Waals surface area (Å²) in [6.07, 6.45) is 28.3. The molecule has 1 aromatic carbocycles. The highest BCUT2D eigenvalue weighted by molar-refractivity contribution is 6.06. The van der Waals surface area contributed by atoms with E-state index in [1.165, 1.54) is 77.0 Å². The number of hydrogen-bond donors (Lipinski definition) is 0. The summed E-state index contributed by atoms with van der Waals surface area (Å²) in [5.74, 6) is 0.833. The largest absolute Gasteiger partial charge is 0.493 e. The molecule has 1 aliphatic rings. The quantitative estimate of drug-likeness (QED) is 0.0874. The average molecular weight is 507 g/mol. The molecule has 0 saturated carbocycles. The van der Waals surface area contributed by atoms with E-state index in [2.05, 4.69) is 24.1 Å². The molecule has 0 amide bonds. The SMILES string of the molecule is CCCCCCCC/C=C/CCCCCCCCC(=O)Oc1c(OC)cc2ccnc3c2c1N(C)C=C3. The molecule has 1 aromatic heterocycles. The molecule has 2 heterocycles. The first-order chi connectivity index (χ1) is 18.2. The summed E-state index contributed by atoms with van der Waals surface area (Å²) in [5, 5.41) is 1.99. The second kappa shape index (κ2) is 16.1. The van der Waals surface area contributed by atoms with Crippen molar-refractivity contribution in [1.29, 1.82) is 0 Å². The molecule has 0 N–H and O–H groups in total. The number of allylic oxidation sites excluding steroid dienone is 2. The average Bonchev–Trinajstić information content (AvgIpc) is 2.90. The van der Waals surface area contributed by atoms with Crippen LogP contribution in [0.3, 0.4) is 0 Å². The molecule has 2 aromatic rings. The Kier molecular flexibility index (Phi) is 12.5. The van der Waals surface area contributed by atoms with E-state index in [-0.39, 0.29) is 5.97 Å². The maximum Gasteiger partial charge on any atom is 0.311 e. The first kappa shape index (κ1) is 28.7. The Morgan fingerprint density at radius 3 is 2.27 bits per heavy atom. The van der Waals surface area contributed by atoms with Crippen molar-refractivity contribution in [1.82, 2.24) is 4.98 Å². The van der Waals surface area contributed by atoms with Crippen molar-refractivity contribution in [3.05, 3.63) is 42.4 Å². The van der Waals surface area contributed by atoms with Gasteiger partial charge in [-0.2, -0.15) is 0 Å². The van der Waals surface area contributed by atoms with Gasteiger partial charge in [-0.3, -0.25) is 9.78 Å². The van der Waals surface area contributed by atoms with Crippen LogP contribution in [0.4, 0.5) is 5.69 Å². The van der Waals surface area contributed by atoms with Gasteiger partial charge in [0.15, 0.2) is 11.5 Å². The monoisotopic (exact) mass is 506 g/mol. The Balaban J connectivity index is 1.32. The van der Waals surface area contributed by atoms with Crippen LogP contribution in [0.1, 0.15) is 109 Å². The standard InChI is InChI=1S/C32H46N2O3/c1-4-5-6-7-8-9-10-11-12-13-14-15-16-17-18-19-20-29(35)37-32-28(36-3)25-26-21-23-33-27-22-24-34(2)31(32)30(26)27/h11-12,21-25H,4-10,13-20H2,1-3H3/b12-11+. The molecule has 0 saturated heterocycles. The van der Waals surface area contributed by atoms with E-state index in [9.17, 15) is 4.79 Å². The molecule has 1 aliphatic heterocycles. The predicted octanol–water partition coefficient (Wildman–Crippen LogP) is 9.00. The van der Waals surface area contributed by atoms with Crippen molar-refractivity contribution >= 4 is 28.5 Å². The fraction of sp³-hybridized carbons (Fsp3) is 0.562. The maximum atomic E-state index is 12.7. The minimum Gasteiger partial charge on any atom is -0.493 e. The number of rotatable bonds is 18. The lowest BCUT2D eigenvalue weighted by atomic mass is 10.0. The lowest BCUT2D eigenvalue weighted by Gasteiger charge is -2.25. The molecular formula is C32H46N2O3. The van der Waals surface area contributed by atoms with Crippen LogP contribution in [0, 0.1) is 0 Å². The molecule has 0 unspecified atom stereocenters. The van der Waals surface area contributed by atoms with Crippen LogP contribution in [0.25, 0.3) is 16.8 Å². The van der Waals surface area contributed by atoms with Gasteiger partial charge in [0, 0.05) is 31.3 Å². The van der Waals surface area contributed by atoms with Crippen LogP contribution < -0.4 is 14.4 Å². The Labute approximate surface area is 223 Å². The summed E-state index contributed by atoms with van der Waals surface area (Å²) < 4.78 is 11.5. The van der Waals surface area contributed by atoms with E-state index in [1.54, 1.807) is 13.3 Å². The van der Waals surface area contributed by atoms with Crippen LogP contribution in [-0.4, -0.2) is 25.1 Å². The molecule has 0 atom stereocenters. The van der Waals surface area contributed by atoms with E-state index in [0.717, 1.165) is 35.0 Å². The molecule has 0 bridgehead atoms. The van der Waals surface area contributed by atoms with Gasteiger partial charge in [-0.15, -0.1) is 0 Å². The summed E-state index contributed by atoms with van der Waals surface area (Å²) in [6, 6.07) is 3.87. The topological polar surface area (TPSA) is 51.7 Å². The number of carbonyl (C=O) groups excluding carboxylic acids is 1. The third-order valence-electron chi connectivity index (χ3n) is 7.11. The van der Waals surface area contributed by atoms with Gasteiger partial charge in [0.2, 0.25) is 0 Å². The summed E-state index contributed by atoms with van der Waals surface area (Å²) >= 11 is 0. The normalized spacial score (nSPS) is 12.6. The van der Waals surface area contributed by atoms with Crippen LogP contribution >= 0.6 is 0 Å². The number of anilines is 1. The molecular weight excluding hydrogens is 460 g/mol.